The predicted octanol–water partition coefficient (Wildman–Crippen LogP) is 4.51. The summed E-state index contributed by atoms with van der Waals surface area (Å²) < 4.78 is 19.1. The predicted molar refractivity (Wildman–Crippen MR) is 113 cm³/mol. The van der Waals surface area contributed by atoms with Crippen molar-refractivity contribution in [2.45, 2.75) is 45.3 Å². The summed E-state index contributed by atoms with van der Waals surface area (Å²) in [5.74, 6) is 0.249. The first-order valence-corrected chi connectivity index (χ1v) is 10.4. The molecule has 0 bridgehead atoms. The van der Waals surface area contributed by atoms with Crippen LogP contribution >= 0.6 is 15.9 Å². The van der Waals surface area contributed by atoms with E-state index in [9.17, 15) is 9.59 Å². The van der Waals surface area contributed by atoms with Crippen LogP contribution < -0.4 is 4.74 Å². The number of nitrogens with zero attached hydrogens (tertiary/aromatic N) is 2. The highest BCUT2D eigenvalue weighted by atomic mass is 79.9. The summed E-state index contributed by atoms with van der Waals surface area (Å²) in [4.78, 5) is 26.3. The van der Waals surface area contributed by atoms with Gasteiger partial charge in [0.25, 0.3) is 0 Å². The van der Waals surface area contributed by atoms with Gasteiger partial charge in [0.2, 0.25) is 0 Å². The Morgan fingerprint density at radius 1 is 1.28 bits per heavy atom. The van der Waals surface area contributed by atoms with Gasteiger partial charge < -0.3 is 23.7 Å². The molecule has 0 N–H and O–H groups in total. The monoisotopic (exact) mass is 466 g/mol. The number of carbonyl (C=O) groups is 2. The van der Waals surface area contributed by atoms with Crippen LogP contribution in [0.4, 0.5) is 4.79 Å². The number of ether oxygens (including phenoxy) is 3. The van der Waals surface area contributed by atoms with Crippen molar-refractivity contribution in [3.63, 3.8) is 0 Å². The average Bonchev–Trinajstić information content (AvgIpc) is 3.24. The number of benzene rings is 1. The fourth-order valence-electron chi connectivity index (χ4n) is 3.58. The standard InChI is InChI=1S/C21H27BrN2O5/c1-21(2,3)29-20(26)24-10-6-7-13(24)12-28-17-9-8-15(22)18-14(17)11-16(23(18)4)19(25)27-5/h8-9,11,13H,6-7,10,12H2,1-5H3/t13-/m0/s1. The van der Waals surface area contributed by atoms with E-state index in [2.05, 4.69) is 15.9 Å². The summed E-state index contributed by atoms with van der Waals surface area (Å²) in [7, 11) is 3.17. The molecular weight excluding hydrogens is 440 g/mol. The molecular formula is C21H27BrN2O5. The van der Waals surface area contributed by atoms with Crippen molar-refractivity contribution in [1.29, 1.82) is 0 Å². The van der Waals surface area contributed by atoms with E-state index >= 15 is 0 Å². The van der Waals surface area contributed by atoms with Crippen molar-refractivity contribution >= 4 is 38.9 Å². The zero-order valence-corrected chi connectivity index (χ0v) is 19.0. The largest absolute Gasteiger partial charge is 0.491 e. The number of fused-ring (bicyclic) bond motifs is 1. The van der Waals surface area contributed by atoms with Gasteiger partial charge in [-0.2, -0.15) is 0 Å². The van der Waals surface area contributed by atoms with Gasteiger partial charge in [0, 0.05) is 23.5 Å². The van der Waals surface area contributed by atoms with E-state index in [-0.39, 0.29) is 12.1 Å². The number of esters is 1. The normalized spacial score (nSPS) is 16.9. The summed E-state index contributed by atoms with van der Waals surface area (Å²) in [6.45, 7) is 6.60. The number of hydrogen-bond donors (Lipinski definition) is 0. The van der Waals surface area contributed by atoms with Crippen molar-refractivity contribution in [1.82, 2.24) is 9.47 Å². The average molecular weight is 467 g/mol. The third kappa shape index (κ3) is 4.52. The number of amides is 1. The molecule has 1 saturated heterocycles. The molecule has 1 aromatic heterocycles. The molecule has 1 atom stereocenters. The topological polar surface area (TPSA) is 70.0 Å². The molecule has 1 aliphatic heterocycles. The molecule has 1 aromatic carbocycles. The van der Waals surface area contributed by atoms with Crippen molar-refractivity contribution in [3.05, 3.63) is 28.4 Å². The molecule has 2 heterocycles. The fraction of sp³-hybridized carbons (Fsp3) is 0.524. The number of aryl methyl sites for hydroxylation is 1. The number of likely N-dealkylation sites (tertiary alicyclic amines) is 1. The summed E-state index contributed by atoms with van der Waals surface area (Å²) >= 11 is 3.54. The fourth-order valence-corrected chi connectivity index (χ4v) is 4.19. The number of halogens is 1. The molecule has 3 rings (SSSR count). The maximum Gasteiger partial charge on any atom is 0.410 e. The number of methoxy groups -OCH3 is 1. The van der Waals surface area contributed by atoms with E-state index in [1.54, 1.807) is 15.5 Å². The second-order valence-electron chi connectivity index (χ2n) is 8.17. The quantitative estimate of drug-likeness (QED) is 0.620. The molecule has 1 amide bonds. The molecule has 1 aliphatic rings. The summed E-state index contributed by atoms with van der Waals surface area (Å²) in [5, 5.41) is 0.809. The Morgan fingerprint density at radius 3 is 2.66 bits per heavy atom. The lowest BCUT2D eigenvalue weighted by Gasteiger charge is -2.28. The lowest BCUT2D eigenvalue weighted by atomic mass is 10.2. The minimum Gasteiger partial charge on any atom is -0.491 e. The molecule has 0 unspecified atom stereocenters. The van der Waals surface area contributed by atoms with Crippen molar-refractivity contribution in [2.24, 2.45) is 7.05 Å². The van der Waals surface area contributed by atoms with Gasteiger partial charge in [-0.25, -0.2) is 9.59 Å². The molecule has 0 radical (unpaired) electrons. The summed E-state index contributed by atoms with van der Waals surface area (Å²) in [6, 6.07) is 5.47. The van der Waals surface area contributed by atoms with E-state index < -0.39 is 11.6 Å². The van der Waals surface area contributed by atoms with Crippen LogP contribution in [0.1, 0.15) is 44.1 Å². The van der Waals surface area contributed by atoms with Gasteiger partial charge >= 0.3 is 12.1 Å². The van der Waals surface area contributed by atoms with Gasteiger partial charge in [-0.1, -0.05) is 0 Å². The van der Waals surface area contributed by atoms with E-state index in [0.717, 1.165) is 28.2 Å². The Bertz CT molecular complexity index is 931. The number of carbonyl (C=O) groups excluding carboxylic acids is 2. The molecule has 7 nitrogen and oxygen atoms in total. The van der Waals surface area contributed by atoms with Crippen LogP contribution in [-0.2, 0) is 16.5 Å². The van der Waals surface area contributed by atoms with Gasteiger partial charge in [0.1, 0.15) is 23.7 Å². The van der Waals surface area contributed by atoms with E-state index in [4.69, 9.17) is 14.2 Å². The first-order valence-electron chi connectivity index (χ1n) is 9.61. The van der Waals surface area contributed by atoms with Gasteiger partial charge in [-0.3, -0.25) is 0 Å². The maximum atomic E-state index is 12.5. The lowest BCUT2D eigenvalue weighted by molar-refractivity contribution is 0.0188. The Hall–Kier alpha value is -2.22. The number of rotatable bonds is 4. The Kier molecular flexibility index (Phi) is 6.12. The third-order valence-corrected chi connectivity index (χ3v) is 5.58. The second-order valence-corrected chi connectivity index (χ2v) is 9.02. The Balaban J connectivity index is 1.81. The molecule has 1 fully saturated rings. The molecule has 158 valence electrons. The number of aromatic nitrogens is 1. The van der Waals surface area contributed by atoms with Crippen LogP contribution in [0.3, 0.4) is 0 Å². The summed E-state index contributed by atoms with van der Waals surface area (Å²) in [5.41, 5.74) is 0.755. The molecule has 0 saturated carbocycles. The minimum absolute atomic E-state index is 0.0488. The SMILES string of the molecule is COC(=O)c1cc2c(OC[C@@H]3CCCN3C(=O)OC(C)(C)C)ccc(Br)c2n1C. The molecule has 2 aromatic rings. The highest BCUT2D eigenvalue weighted by molar-refractivity contribution is 9.10. The van der Waals surface area contributed by atoms with E-state index in [0.29, 0.717) is 24.6 Å². The first kappa shape index (κ1) is 21.5. The third-order valence-electron chi connectivity index (χ3n) is 4.94. The Labute approximate surface area is 179 Å². The zero-order valence-electron chi connectivity index (χ0n) is 17.5. The molecule has 8 heteroatoms. The molecule has 0 spiro atoms. The number of hydrogen-bond acceptors (Lipinski definition) is 5. The second kappa shape index (κ2) is 8.26. The van der Waals surface area contributed by atoms with Crippen LogP contribution in [0.15, 0.2) is 22.7 Å². The van der Waals surface area contributed by atoms with Crippen LogP contribution in [0, 0.1) is 0 Å². The maximum absolute atomic E-state index is 12.5. The van der Waals surface area contributed by atoms with Gasteiger partial charge in [0.05, 0.1) is 18.7 Å². The van der Waals surface area contributed by atoms with Gasteiger partial charge in [0.15, 0.2) is 0 Å². The van der Waals surface area contributed by atoms with Gasteiger partial charge in [-0.15, -0.1) is 0 Å². The van der Waals surface area contributed by atoms with Gasteiger partial charge in [-0.05, 0) is 67.7 Å². The van der Waals surface area contributed by atoms with Crippen molar-refractivity contribution < 1.29 is 23.8 Å². The highest BCUT2D eigenvalue weighted by Gasteiger charge is 2.32. The zero-order chi connectivity index (χ0) is 21.3. The van der Waals surface area contributed by atoms with E-state index in [1.807, 2.05) is 40.0 Å². The van der Waals surface area contributed by atoms with E-state index in [1.165, 1.54) is 7.11 Å². The highest BCUT2D eigenvalue weighted by Crippen LogP contribution is 2.35. The minimum atomic E-state index is -0.530. The van der Waals surface area contributed by atoms with Crippen LogP contribution in [0.5, 0.6) is 5.75 Å². The van der Waals surface area contributed by atoms with Crippen molar-refractivity contribution in [3.8, 4) is 5.75 Å². The smallest absolute Gasteiger partial charge is 0.410 e. The summed E-state index contributed by atoms with van der Waals surface area (Å²) in [6.07, 6.45) is 1.47. The molecule has 0 aliphatic carbocycles. The van der Waals surface area contributed by atoms with Crippen molar-refractivity contribution in [2.75, 3.05) is 20.3 Å². The van der Waals surface area contributed by atoms with Crippen LogP contribution in [0.25, 0.3) is 10.9 Å². The molecule has 29 heavy (non-hydrogen) atoms. The first-order chi connectivity index (χ1) is 13.6. The Morgan fingerprint density at radius 2 is 2.00 bits per heavy atom. The van der Waals surface area contributed by atoms with Crippen LogP contribution in [-0.4, -0.2) is 53.4 Å². The lowest BCUT2D eigenvalue weighted by Crippen LogP contribution is -2.42. The van der Waals surface area contributed by atoms with Crippen LogP contribution in [0.2, 0.25) is 0 Å².